The van der Waals surface area contributed by atoms with E-state index in [0.29, 0.717) is 33.7 Å². The first-order chi connectivity index (χ1) is 15.5. The number of pyridine rings is 1. The molecule has 2 N–H and O–H groups in total. The van der Waals surface area contributed by atoms with E-state index in [1.807, 2.05) is 59.0 Å². The van der Waals surface area contributed by atoms with Crippen molar-refractivity contribution in [3.63, 3.8) is 0 Å². The van der Waals surface area contributed by atoms with Crippen LogP contribution in [0.2, 0.25) is 0 Å². The molecule has 3 aromatic rings. The smallest absolute Gasteiger partial charge is 0.351 e. The van der Waals surface area contributed by atoms with Gasteiger partial charge in [-0.25, -0.2) is 9.78 Å². The molecule has 7 nitrogen and oxygen atoms in total. The molecule has 1 atom stereocenters. The number of nitrogens with one attached hydrogen (secondary N) is 2. The van der Waals surface area contributed by atoms with Crippen molar-refractivity contribution in [2.24, 2.45) is 0 Å². The van der Waals surface area contributed by atoms with E-state index in [-0.39, 0.29) is 11.5 Å². The lowest BCUT2D eigenvalue weighted by atomic mass is 10.0. The molecule has 166 valence electrons. The molecule has 2 aromatic carbocycles. The summed E-state index contributed by atoms with van der Waals surface area (Å²) in [7, 11) is 2.96. The summed E-state index contributed by atoms with van der Waals surface area (Å²) in [5.74, 6) is -0.129. The number of para-hydroxylation sites is 1. The highest BCUT2D eigenvalue weighted by atomic mass is 127. The van der Waals surface area contributed by atoms with E-state index in [0.717, 1.165) is 5.56 Å². The van der Waals surface area contributed by atoms with Gasteiger partial charge in [0.2, 0.25) is 6.10 Å². The maximum atomic E-state index is 13.3. The van der Waals surface area contributed by atoms with Crippen molar-refractivity contribution in [3.05, 3.63) is 87.1 Å². The van der Waals surface area contributed by atoms with Crippen LogP contribution in [0.1, 0.15) is 27.6 Å². The number of aromatic nitrogens is 1. The highest BCUT2D eigenvalue weighted by Crippen LogP contribution is 2.32. The van der Waals surface area contributed by atoms with Crippen LogP contribution in [0.3, 0.4) is 0 Å². The highest BCUT2D eigenvalue weighted by Gasteiger charge is 2.33. The summed E-state index contributed by atoms with van der Waals surface area (Å²) in [6, 6.07) is 18.8. The second-order valence-corrected chi connectivity index (χ2v) is 7.98. The number of hydrogen-bond acceptors (Lipinski definition) is 6. The predicted molar refractivity (Wildman–Crippen MR) is 131 cm³/mol. The van der Waals surface area contributed by atoms with Crippen LogP contribution in [0.5, 0.6) is 5.75 Å². The Morgan fingerprint density at radius 3 is 2.34 bits per heavy atom. The van der Waals surface area contributed by atoms with Crippen LogP contribution >= 0.6 is 22.6 Å². The monoisotopic (exact) mass is 545 g/mol. The molecule has 0 spiro atoms. The lowest BCUT2D eigenvalue weighted by Gasteiger charge is -2.22. The quantitative estimate of drug-likeness (QED) is 0.312. The molecule has 1 unspecified atom stereocenters. The second kappa shape index (κ2) is 11.5. The number of carbonyl (C=O) groups is 2. The Hall–Kier alpha value is -3.14. The van der Waals surface area contributed by atoms with Crippen LogP contribution in [-0.2, 0) is 16.0 Å². The predicted octanol–water partition coefficient (Wildman–Crippen LogP) is 3.99. The summed E-state index contributed by atoms with van der Waals surface area (Å²) in [5.41, 5.74) is 1.76. The van der Waals surface area contributed by atoms with Gasteiger partial charge < -0.3 is 20.1 Å². The summed E-state index contributed by atoms with van der Waals surface area (Å²) >= 11 is 2.05. The number of esters is 1. The first-order valence-electron chi connectivity index (χ1n) is 10.0. The molecular weight excluding hydrogens is 521 g/mol. The zero-order valence-electron chi connectivity index (χ0n) is 17.8. The maximum absolute atomic E-state index is 13.3. The Morgan fingerprint density at radius 1 is 1.06 bits per heavy atom. The zero-order chi connectivity index (χ0) is 22.9. The van der Waals surface area contributed by atoms with E-state index in [9.17, 15) is 9.59 Å². The van der Waals surface area contributed by atoms with Crippen molar-refractivity contribution in [3.8, 4) is 5.75 Å². The number of anilines is 1. The van der Waals surface area contributed by atoms with Gasteiger partial charge in [-0.2, -0.15) is 0 Å². The van der Waals surface area contributed by atoms with Crippen LogP contribution in [0, 0.1) is 3.57 Å². The Kier molecular flexibility index (Phi) is 8.43. The number of rotatable bonds is 9. The number of benzene rings is 2. The molecule has 32 heavy (non-hydrogen) atoms. The fraction of sp³-hybridized carbons (Fsp3) is 0.208. The molecule has 0 radical (unpaired) electrons. The molecule has 0 saturated heterocycles. The van der Waals surface area contributed by atoms with Crippen molar-refractivity contribution in [1.29, 1.82) is 0 Å². The van der Waals surface area contributed by atoms with Gasteiger partial charge in [-0.15, -0.1) is 0 Å². The van der Waals surface area contributed by atoms with Gasteiger partial charge in [0.25, 0.3) is 5.91 Å². The summed E-state index contributed by atoms with van der Waals surface area (Å²) < 4.78 is 11.6. The van der Waals surface area contributed by atoms with Crippen LogP contribution in [0.15, 0.2) is 66.9 Å². The van der Waals surface area contributed by atoms with Gasteiger partial charge in [-0.1, -0.05) is 48.5 Å². The number of halogens is 1. The Labute approximate surface area is 200 Å². The fourth-order valence-electron chi connectivity index (χ4n) is 3.20. The number of nitrogens with zero attached hydrogens (tertiary/aromatic N) is 1. The molecule has 1 amide bonds. The molecule has 3 rings (SSSR count). The van der Waals surface area contributed by atoms with Crippen molar-refractivity contribution >= 4 is 40.3 Å². The second-order valence-electron chi connectivity index (χ2n) is 6.82. The van der Waals surface area contributed by atoms with Gasteiger partial charge in [0, 0.05) is 28.9 Å². The van der Waals surface area contributed by atoms with Crippen molar-refractivity contribution in [1.82, 2.24) is 10.3 Å². The minimum atomic E-state index is -1.14. The number of amides is 1. The minimum Gasteiger partial charge on any atom is -0.474 e. The largest absolute Gasteiger partial charge is 0.474 e. The summed E-state index contributed by atoms with van der Waals surface area (Å²) in [6.07, 6.45) is 1.13. The summed E-state index contributed by atoms with van der Waals surface area (Å²) in [4.78, 5) is 30.3. The van der Waals surface area contributed by atoms with E-state index in [4.69, 9.17) is 9.47 Å². The van der Waals surface area contributed by atoms with Crippen LogP contribution in [0.25, 0.3) is 0 Å². The van der Waals surface area contributed by atoms with E-state index in [1.165, 1.54) is 7.11 Å². The normalized spacial score (nSPS) is 11.3. The molecule has 1 heterocycles. The standard InChI is InChI=1S/C24H24IN3O4/c1-26-22-20(23(29)27-14-13-16-9-5-3-6-10-16)19(18(25)15-28-22)21(24(30)31-2)32-17-11-7-4-8-12-17/h3-12,15,21H,13-14H2,1-2H3,(H,26,28)(H,27,29). The van der Waals surface area contributed by atoms with Gasteiger partial charge in [0.1, 0.15) is 11.6 Å². The Balaban J connectivity index is 1.94. The lowest BCUT2D eigenvalue weighted by molar-refractivity contribution is -0.149. The van der Waals surface area contributed by atoms with E-state index < -0.39 is 12.1 Å². The maximum Gasteiger partial charge on any atom is 0.351 e. The SMILES string of the molecule is CNc1ncc(I)c(C(Oc2ccccc2)C(=O)OC)c1C(=O)NCCc1ccccc1. The fourth-order valence-corrected chi connectivity index (χ4v) is 3.89. The zero-order valence-corrected chi connectivity index (χ0v) is 20.0. The van der Waals surface area contributed by atoms with Gasteiger partial charge >= 0.3 is 5.97 Å². The van der Waals surface area contributed by atoms with Crippen LogP contribution in [0.4, 0.5) is 5.82 Å². The Bertz CT molecular complexity index is 1060. The highest BCUT2D eigenvalue weighted by molar-refractivity contribution is 14.1. The average molecular weight is 545 g/mol. The first-order valence-corrected chi connectivity index (χ1v) is 11.1. The molecule has 0 aliphatic carbocycles. The van der Waals surface area contributed by atoms with Gasteiger partial charge in [0.15, 0.2) is 0 Å². The van der Waals surface area contributed by atoms with Gasteiger partial charge in [0.05, 0.1) is 12.7 Å². The lowest BCUT2D eigenvalue weighted by Crippen LogP contribution is -2.31. The van der Waals surface area contributed by atoms with Crippen molar-refractivity contribution < 1.29 is 19.1 Å². The Morgan fingerprint density at radius 2 is 1.72 bits per heavy atom. The average Bonchev–Trinajstić information content (AvgIpc) is 2.83. The first kappa shape index (κ1) is 23.5. The number of carbonyl (C=O) groups excluding carboxylic acids is 2. The summed E-state index contributed by atoms with van der Waals surface area (Å²) in [5, 5.41) is 5.88. The molecule has 0 aliphatic heterocycles. The molecule has 1 aromatic heterocycles. The topological polar surface area (TPSA) is 89.6 Å². The molecule has 0 aliphatic rings. The molecule has 0 bridgehead atoms. The minimum absolute atomic E-state index is 0.249. The number of hydrogen-bond donors (Lipinski definition) is 2. The van der Waals surface area contributed by atoms with Crippen LogP contribution in [-0.4, -0.2) is 37.6 Å². The third-order valence-corrected chi connectivity index (χ3v) is 5.61. The molecule has 0 saturated carbocycles. The van der Waals surface area contributed by atoms with Gasteiger partial charge in [-0.3, -0.25) is 4.79 Å². The van der Waals surface area contributed by atoms with Crippen molar-refractivity contribution in [2.45, 2.75) is 12.5 Å². The van der Waals surface area contributed by atoms with E-state index in [1.54, 1.807) is 37.5 Å². The molecule has 0 fully saturated rings. The van der Waals surface area contributed by atoms with E-state index >= 15 is 0 Å². The van der Waals surface area contributed by atoms with Crippen LogP contribution < -0.4 is 15.4 Å². The third kappa shape index (κ3) is 5.76. The number of ether oxygens (including phenoxy) is 2. The molecule has 8 heteroatoms. The van der Waals surface area contributed by atoms with E-state index in [2.05, 4.69) is 15.6 Å². The number of methoxy groups -OCH3 is 1. The molecular formula is C24H24IN3O4. The van der Waals surface area contributed by atoms with Crippen molar-refractivity contribution in [2.75, 3.05) is 26.0 Å². The van der Waals surface area contributed by atoms with Gasteiger partial charge in [-0.05, 0) is 46.7 Å². The third-order valence-electron chi connectivity index (χ3n) is 4.75. The summed E-state index contributed by atoms with van der Waals surface area (Å²) in [6.45, 7) is 0.430.